The lowest BCUT2D eigenvalue weighted by Crippen LogP contribution is -2.25. The van der Waals surface area contributed by atoms with Crippen LogP contribution < -0.4 is 0 Å². The summed E-state index contributed by atoms with van der Waals surface area (Å²) in [6, 6.07) is 0. The van der Waals surface area contributed by atoms with E-state index >= 15 is 0 Å². The van der Waals surface area contributed by atoms with E-state index in [1.54, 1.807) is 0 Å². The highest BCUT2D eigenvalue weighted by atomic mass is 31.2. The lowest BCUT2D eigenvalue weighted by Gasteiger charge is -2.26. The summed E-state index contributed by atoms with van der Waals surface area (Å²) in [5, 5.41) is 17.7. The standard InChI is InChI=1S/C11H21O4P/c1-4-16(5-2,6-3)8-9(11(14)15)7-10(12)13/h9H,4-8H2,1-3H3,(H-,12,13,14,15)/p+1. The molecule has 0 aromatic carbocycles. The molecule has 0 aliphatic heterocycles. The average molecular weight is 249 g/mol. The summed E-state index contributed by atoms with van der Waals surface area (Å²) in [6.45, 7) is 6.25. The molecule has 5 heteroatoms. The van der Waals surface area contributed by atoms with Gasteiger partial charge in [0.15, 0.2) is 0 Å². The van der Waals surface area contributed by atoms with E-state index in [0.29, 0.717) is 6.16 Å². The molecule has 0 aliphatic rings. The van der Waals surface area contributed by atoms with Gasteiger partial charge in [-0.15, -0.1) is 0 Å². The van der Waals surface area contributed by atoms with E-state index in [9.17, 15) is 9.59 Å². The first-order chi connectivity index (χ1) is 7.40. The lowest BCUT2D eigenvalue weighted by atomic mass is 10.1. The van der Waals surface area contributed by atoms with E-state index < -0.39 is 25.1 Å². The van der Waals surface area contributed by atoms with E-state index in [-0.39, 0.29) is 6.42 Å². The Kier molecular flexibility index (Phi) is 6.58. The summed E-state index contributed by atoms with van der Waals surface area (Å²) in [6.07, 6.45) is 3.32. The Labute approximate surface area is 97.4 Å². The van der Waals surface area contributed by atoms with Crippen molar-refractivity contribution in [3.05, 3.63) is 0 Å². The molecule has 0 aromatic rings. The highest BCUT2D eigenvalue weighted by Crippen LogP contribution is 2.59. The van der Waals surface area contributed by atoms with Crippen LogP contribution in [0, 0.1) is 5.92 Å². The van der Waals surface area contributed by atoms with Crippen molar-refractivity contribution in [3.63, 3.8) is 0 Å². The van der Waals surface area contributed by atoms with Crippen LogP contribution in [0.25, 0.3) is 0 Å². The van der Waals surface area contributed by atoms with Gasteiger partial charge in [-0.25, -0.2) is 0 Å². The summed E-state index contributed by atoms with van der Waals surface area (Å²) >= 11 is 0. The van der Waals surface area contributed by atoms with Gasteiger partial charge in [0.05, 0.1) is 31.1 Å². The van der Waals surface area contributed by atoms with Gasteiger partial charge in [-0.05, 0) is 20.8 Å². The minimum absolute atomic E-state index is 0.253. The fourth-order valence-corrected chi connectivity index (χ4v) is 5.30. The zero-order chi connectivity index (χ0) is 12.8. The van der Waals surface area contributed by atoms with Gasteiger partial charge in [-0.1, -0.05) is 0 Å². The van der Waals surface area contributed by atoms with E-state index in [1.165, 1.54) is 0 Å². The highest BCUT2D eigenvalue weighted by Gasteiger charge is 2.38. The van der Waals surface area contributed by atoms with Crippen molar-refractivity contribution in [2.24, 2.45) is 5.92 Å². The molecule has 0 saturated heterocycles. The normalized spacial score (nSPS) is 13.4. The quantitative estimate of drug-likeness (QED) is 0.647. The van der Waals surface area contributed by atoms with Gasteiger partial charge < -0.3 is 10.2 Å². The number of aliphatic carboxylic acids is 2. The van der Waals surface area contributed by atoms with Gasteiger partial charge in [0, 0.05) is 7.26 Å². The molecule has 0 fully saturated rings. The molecule has 0 heterocycles. The number of hydrogen-bond donors (Lipinski definition) is 2. The van der Waals surface area contributed by atoms with E-state index in [2.05, 4.69) is 20.8 Å². The van der Waals surface area contributed by atoms with Crippen molar-refractivity contribution in [2.75, 3.05) is 24.6 Å². The molecule has 0 rings (SSSR count). The summed E-state index contributed by atoms with van der Waals surface area (Å²) in [4.78, 5) is 21.6. The van der Waals surface area contributed by atoms with Crippen LogP contribution in [0.2, 0.25) is 0 Å². The van der Waals surface area contributed by atoms with Crippen LogP contribution in [0.15, 0.2) is 0 Å². The molecule has 0 radical (unpaired) electrons. The summed E-state index contributed by atoms with van der Waals surface area (Å²) in [5.41, 5.74) is 0. The SMILES string of the molecule is CC[P+](CC)(CC)CC(CC(=O)O)C(=O)O. The van der Waals surface area contributed by atoms with Crippen molar-refractivity contribution in [1.29, 1.82) is 0 Å². The van der Waals surface area contributed by atoms with Crippen molar-refractivity contribution in [2.45, 2.75) is 27.2 Å². The van der Waals surface area contributed by atoms with E-state index in [4.69, 9.17) is 10.2 Å². The zero-order valence-electron chi connectivity index (χ0n) is 10.3. The molecule has 0 saturated carbocycles. The smallest absolute Gasteiger partial charge is 0.310 e. The largest absolute Gasteiger partial charge is 0.481 e. The van der Waals surface area contributed by atoms with Crippen LogP contribution in [-0.4, -0.2) is 46.8 Å². The molecule has 16 heavy (non-hydrogen) atoms. The molecule has 0 amide bonds. The lowest BCUT2D eigenvalue weighted by molar-refractivity contribution is -0.147. The maximum atomic E-state index is 11.0. The summed E-state index contributed by atoms with van der Waals surface area (Å²) in [7, 11) is -1.25. The van der Waals surface area contributed by atoms with Crippen molar-refractivity contribution < 1.29 is 19.8 Å². The maximum absolute atomic E-state index is 11.0. The Morgan fingerprint density at radius 1 is 1.06 bits per heavy atom. The molecular weight excluding hydrogens is 227 g/mol. The first-order valence-electron chi connectivity index (χ1n) is 5.70. The van der Waals surface area contributed by atoms with E-state index in [0.717, 1.165) is 18.5 Å². The van der Waals surface area contributed by atoms with E-state index in [1.807, 2.05) is 0 Å². The molecule has 2 N–H and O–H groups in total. The Morgan fingerprint density at radius 3 is 1.75 bits per heavy atom. The molecular formula is C11H22O4P+. The number of carboxylic acids is 2. The molecule has 94 valence electrons. The topological polar surface area (TPSA) is 74.6 Å². The van der Waals surface area contributed by atoms with Gasteiger partial charge in [0.2, 0.25) is 0 Å². The van der Waals surface area contributed by atoms with Crippen LogP contribution in [0.1, 0.15) is 27.2 Å². The van der Waals surface area contributed by atoms with Crippen molar-refractivity contribution in [3.8, 4) is 0 Å². The van der Waals surface area contributed by atoms with Gasteiger partial charge in [0.1, 0.15) is 5.92 Å². The van der Waals surface area contributed by atoms with Crippen LogP contribution in [0.3, 0.4) is 0 Å². The number of carbonyl (C=O) groups is 2. The van der Waals surface area contributed by atoms with Gasteiger partial charge in [-0.2, -0.15) is 0 Å². The first-order valence-corrected chi connectivity index (χ1v) is 8.23. The Balaban J connectivity index is 4.70. The molecule has 4 nitrogen and oxygen atoms in total. The third-order valence-corrected chi connectivity index (χ3v) is 8.63. The molecule has 1 atom stereocenters. The second-order valence-corrected chi connectivity index (χ2v) is 9.05. The minimum Gasteiger partial charge on any atom is -0.481 e. The third-order valence-electron chi connectivity index (χ3n) is 3.39. The number of hydrogen-bond acceptors (Lipinski definition) is 2. The monoisotopic (exact) mass is 249 g/mol. The highest BCUT2D eigenvalue weighted by molar-refractivity contribution is 7.75. The fraction of sp³-hybridized carbons (Fsp3) is 0.818. The third kappa shape index (κ3) is 4.48. The fourth-order valence-electron chi connectivity index (χ4n) is 1.97. The molecule has 0 aliphatic carbocycles. The number of rotatable bonds is 8. The Bertz CT molecular complexity index is 240. The van der Waals surface area contributed by atoms with Crippen LogP contribution in [0.4, 0.5) is 0 Å². The maximum Gasteiger partial charge on any atom is 0.310 e. The second kappa shape index (κ2) is 6.85. The Morgan fingerprint density at radius 2 is 1.50 bits per heavy atom. The molecule has 0 spiro atoms. The average Bonchev–Trinajstić information content (AvgIpc) is 2.24. The predicted octanol–water partition coefficient (Wildman–Crippen LogP) is 2.24. The summed E-state index contributed by atoms with van der Waals surface area (Å²) < 4.78 is 0. The van der Waals surface area contributed by atoms with Gasteiger partial charge >= 0.3 is 11.9 Å². The molecule has 1 unspecified atom stereocenters. The van der Waals surface area contributed by atoms with Crippen LogP contribution in [0.5, 0.6) is 0 Å². The number of carboxylic acid groups (broad SMARTS) is 2. The zero-order valence-corrected chi connectivity index (χ0v) is 11.2. The van der Waals surface area contributed by atoms with Crippen LogP contribution >= 0.6 is 7.26 Å². The van der Waals surface area contributed by atoms with Gasteiger partial charge in [0.25, 0.3) is 0 Å². The van der Waals surface area contributed by atoms with Crippen LogP contribution in [-0.2, 0) is 9.59 Å². The van der Waals surface area contributed by atoms with Gasteiger partial charge in [-0.3, -0.25) is 9.59 Å². The second-order valence-electron chi connectivity index (χ2n) is 4.11. The molecule has 0 aromatic heterocycles. The van der Waals surface area contributed by atoms with Crippen molar-refractivity contribution in [1.82, 2.24) is 0 Å². The molecule has 0 bridgehead atoms. The predicted molar refractivity (Wildman–Crippen MR) is 66.8 cm³/mol. The van der Waals surface area contributed by atoms with Crippen molar-refractivity contribution >= 4 is 19.2 Å². The first kappa shape index (κ1) is 15.4. The Hall–Kier alpha value is -0.630. The minimum atomic E-state index is -1.25. The summed E-state index contributed by atoms with van der Waals surface area (Å²) in [5.74, 6) is -2.71.